The summed E-state index contributed by atoms with van der Waals surface area (Å²) in [5.41, 5.74) is 9.53. The minimum Gasteiger partial charge on any atom is -0.352 e. The zero-order valence-corrected chi connectivity index (χ0v) is 11.3. The highest BCUT2D eigenvalue weighted by molar-refractivity contribution is 5.81. The molecule has 98 valence electrons. The van der Waals surface area contributed by atoms with E-state index in [9.17, 15) is 0 Å². The summed E-state index contributed by atoms with van der Waals surface area (Å²) in [5.74, 6) is 1.05. The van der Waals surface area contributed by atoms with Crippen LogP contribution in [0.5, 0.6) is 0 Å². The molecule has 0 amide bonds. The largest absolute Gasteiger partial charge is 0.352 e. The molecule has 0 aliphatic carbocycles. The quantitative estimate of drug-likeness (QED) is 0.837. The van der Waals surface area contributed by atoms with E-state index in [2.05, 4.69) is 36.1 Å². The fourth-order valence-electron chi connectivity index (χ4n) is 2.54. The molecule has 0 fully saturated rings. The van der Waals surface area contributed by atoms with Gasteiger partial charge in [0.05, 0.1) is 5.52 Å². The van der Waals surface area contributed by atoms with Crippen molar-refractivity contribution in [1.29, 1.82) is 0 Å². The first kappa shape index (κ1) is 12.2. The van der Waals surface area contributed by atoms with Crippen LogP contribution in [-0.4, -0.2) is 18.1 Å². The molecule has 0 spiro atoms. The van der Waals surface area contributed by atoms with E-state index in [1.54, 1.807) is 0 Å². The summed E-state index contributed by atoms with van der Waals surface area (Å²) in [6, 6.07) is 10.4. The highest BCUT2D eigenvalue weighted by Gasteiger charge is 2.15. The van der Waals surface area contributed by atoms with Crippen LogP contribution in [0, 0.1) is 0 Å². The standard InChI is InChI=1S/C16H19N3/c1-12-6-8-19(9-7-12)16-14(11-17)10-13-4-2-3-5-15(13)18-16/h2-6,10H,7-9,11,17H2,1H3. The van der Waals surface area contributed by atoms with Gasteiger partial charge in [0.2, 0.25) is 0 Å². The predicted molar refractivity (Wildman–Crippen MR) is 80.2 cm³/mol. The molecule has 1 aromatic carbocycles. The third kappa shape index (κ3) is 2.34. The summed E-state index contributed by atoms with van der Waals surface area (Å²) in [4.78, 5) is 7.13. The second kappa shape index (κ2) is 5.02. The van der Waals surface area contributed by atoms with Crippen LogP contribution < -0.4 is 10.6 Å². The molecule has 0 saturated heterocycles. The third-order valence-corrected chi connectivity index (χ3v) is 3.74. The van der Waals surface area contributed by atoms with E-state index in [-0.39, 0.29) is 0 Å². The molecule has 0 atom stereocenters. The van der Waals surface area contributed by atoms with Crippen LogP contribution in [0.1, 0.15) is 18.9 Å². The van der Waals surface area contributed by atoms with Crippen molar-refractivity contribution in [3.63, 3.8) is 0 Å². The first-order chi connectivity index (χ1) is 9.28. The number of hydrogen-bond donors (Lipinski definition) is 1. The Morgan fingerprint density at radius 2 is 2.16 bits per heavy atom. The molecule has 0 unspecified atom stereocenters. The lowest BCUT2D eigenvalue weighted by molar-refractivity contribution is 0.770. The van der Waals surface area contributed by atoms with Gasteiger partial charge in [0.25, 0.3) is 0 Å². The summed E-state index contributed by atoms with van der Waals surface area (Å²) in [5, 5.41) is 1.16. The number of para-hydroxylation sites is 1. The average molecular weight is 253 g/mol. The molecule has 3 nitrogen and oxygen atoms in total. The van der Waals surface area contributed by atoms with Crippen molar-refractivity contribution in [2.75, 3.05) is 18.0 Å². The Bertz CT molecular complexity index is 631. The summed E-state index contributed by atoms with van der Waals surface area (Å²) in [6.07, 6.45) is 3.39. The molecule has 1 aliphatic heterocycles. The van der Waals surface area contributed by atoms with Crippen molar-refractivity contribution in [2.24, 2.45) is 5.73 Å². The molecule has 1 aliphatic rings. The van der Waals surface area contributed by atoms with Crippen LogP contribution in [0.15, 0.2) is 42.0 Å². The van der Waals surface area contributed by atoms with E-state index in [0.29, 0.717) is 6.54 Å². The number of fused-ring (bicyclic) bond motifs is 1. The lowest BCUT2D eigenvalue weighted by Crippen LogP contribution is -2.30. The zero-order chi connectivity index (χ0) is 13.2. The molecule has 3 rings (SSSR count). The van der Waals surface area contributed by atoms with E-state index >= 15 is 0 Å². The number of nitrogens with zero attached hydrogens (tertiary/aromatic N) is 2. The molecular formula is C16H19N3. The maximum absolute atomic E-state index is 5.89. The van der Waals surface area contributed by atoms with E-state index in [1.807, 2.05) is 12.1 Å². The van der Waals surface area contributed by atoms with E-state index in [0.717, 1.165) is 41.8 Å². The van der Waals surface area contributed by atoms with Crippen LogP contribution in [0.2, 0.25) is 0 Å². The van der Waals surface area contributed by atoms with Gasteiger partial charge < -0.3 is 10.6 Å². The Hall–Kier alpha value is -1.87. The maximum Gasteiger partial charge on any atom is 0.134 e. The Morgan fingerprint density at radius 1 is 1.32 bits per heavy atom. The number of hydrogen-bond acceptors (Lipinski definition) is 3. The first-order valence-electron chi connectivity index (χ1n) is 6.77. The molecule has 2 aromatic rings. The monoisotopic (exact) mass is 253 g/mol. The highest BCUT2D eigenvalue weighted by atomic mass is 15.2. The third-order valence-electron chi connectivity index (χ3n) is 3.74. The maximum atomic E-state index is 5.89. The van der Waals surface area contributed by atoms with Gasteiger partial charge in [-0.2, -0.15) is 0 Å². The molecular weight excluding hydrogens is 234 g/mol. The van der Waals surface area contributed by atoms with Crippen molar-refractivity contribution < 1.29 is 0 Å². The normalized spacial score (nSPS) is 15.7. The molecule has 1 aromatic heterocycles. The van der Waals surface area contributed by atoms with Crippen molar-refractivity contribution in [1.82, 2.24) is 4.98 Å². The van der Waals surface area contributed by atoms with Crippen molar-refractivity contribution in [3.05, 3.63) is 47.5 Å². The Labute approximate surface area is 113 Å². The van der Waals surface area contributed by atoms with Gasteiger partial charge in [-0.05, 0) is 25.5 Å². The summed E-state index contributed by atoms with van der Waals surface area (Å²) >= 11 is 0. The molecule has 0 saturated carbocycles. The summed E-state index contributed by atoms with van der Waals surface area (Å²) in [6.45, 7) is 4.69. The first-order valence-corrected chi connectivity index (χ1v) is 6.77. The number of benzene rings is 1. The minimum atomic E-state index is 0.534. The Kier molecular flexibility index (Phi) is 3.22. The van der Waals surface area contributed by atoms with Gasteiger partial charge in [-0.15, -0.1) is 0 Å². The molecule has 19 heavy (non-hydrogen) atoms. The van der Waals surface area contributed by atoms with Crippen molar-refractivity contribution >= 4 is 16.7 Å². The smallest absolute Gasteiger partial charge is 0.134 e. The summed E-state index contributed by atoms with van der Waals surface area (Å²) in [7, 11) is 0. The molecule has 0 radical (unpaired) electrons. The van der Waals surface area contributed by atoms with Gasteiger partial charge in [0.15, 0.2) is 0 Å². The number of nitrogens with two attached hydrogens (primary N) is 1. The Morgan fingerprint density at radius 3 is 2.89 bits per heavy atom. The van der Waals surface area contributed by atoms with Crippen LogP contribution in [0.3, 0.4) is 0 Å². The fourth-order valence-corrected chi connectivity index (χ4v) is 2.54. The Balaban J connectivity index is 2.06. The minimum absolute atomic E-state index is 0.534. The topological polar surface area (TPSA) is 42.2 Å². The number of pyridine rings is 1. The number of rotatable bonds is 2. The predicted octanol–water partition coefficient (Wildman–Crippen LogP) is 2.85. The van der Waals surface area contributed by atoms with E-state index in [1.165, 1.54) is 5.57 Å². The molecule has 0 bridgehead atoms. The lowest BCUT2D eigenvalue weighted by atomic mass is 10.1. The molecule has 2 heterocycles. The molecule has 2 N–H and O–H groups in total. The lowest BCUT2D eigenvalue weighted by Gasteiger charge is -2.28. The average Bonchev–Trinajstić information content (AvgIpc) is 2.46. The van der Waals surface area contributed by atoms with E-state index in [4.69, 9.17) is 10.7 Å². The fraction of sp³-hybridized carbons (Fsp3) is 0.312. The molecule has 3 heteroatoms. The van der Waals surface area contributed by atoms with Gasteiger partial charge >= 0.3 is 0 Å². The van der Waals surface area contributed by atoms with Crippen LogP contribution >= 0.6 is 0 Å². The SMILES string of the molecule is CC1=CCN(c2nc3ccccc3cc2CN)CC1. The number of aromatic nitrogens is 1. The van der Waals surface area contributed by atoms with Crippen molar-refractivity contribution in [2.45, 2.75) is 19.9 Å². The van der Waals surface area contributed by atoms with Crippen LogP contribution in [0.4, 0.5) is 5.82 Å². The van der Waals surface area contributed by atoms with Crippen LogP contribution in [-0.2, 0) is 6.54 Å². The zero-order valence-electron chi connectivity index (χ0n) is 11.3. The van der Waals surface area contributed by atoms with Crippen molar-refractivity contribution in [3.8, 4) is 0 Å². The van der Waals surface area contributed by atoms with Gasteiger partial charge in [-0.1, -0.05) is 29.8 Å². The van der Waals surface area contributed by atoms with Gasteiger partial charge in [-0.25, -0.2) is 4.98 Å². The summed E-state index contributed by atoms with van der Waals surface area (Å²) < 4.78 is 0. The van der Waals surface area contributed by atoms with Gasteiger partial charge in [-0.3, -0.25) is 0 Å². The van der Waals surface area contributed by atoms with Crippen LogP contribution in [0.25, 0.3) is 10.9 Å². The van der Waals surface area contributed by atoms with Gasteiger partial charge in [0, 0.05) is 30.6 Å². The number of anilines is 1. The highest BCUT2D eigenvalue weighted by Crippen LogP contribution is 2.25. The second-order valence-electron chi connectivity index (χ2n) is 5.11. The second-order valence-corrected chi connectivity index (χ2v) is 5.11. The van der Waals surface area contributed by atoms with Gasteiger partial charge in [0.1, 0.15) is 5.82 Å². The van der Waals surface area contributed by atoms with E-state index < -0.39 is 0 Å².